The minimum absolute atomic E-state index is 0.186. The maximum Gasteiger partial charge on any atom is 0.472 e. The van der Waals surface area contributed by atoms with Gasteiger partial charge in [-0.15, -0.1) is 0 Å². The second kappa shape index (κ2) is 31.4. The highest BCUT2D eigenvalue weighted by Crippen LogP contribution is 2.47. The van der Waals surface area contributed by atoms with Gasteiger partial charge >= 0.3 is 7.82 Å². The molecule has 0 aromatic rings. The second-order valence-corrected chi connectivity index (χ2v) is 16.9. The molecule has 1 aliphatic rings. The summed E-state index contributed by atoms with van der Waals surface area (Å²) in [5.41, 5.74) is 0. The summed E-state index contributed by atoms with van der Waals surface area (Å²) in [7, 11) is -5.06. The molecule has 1 aliphatic carbocycles. The molecule has 0 aliphatic heterocycles. The summed E-state index contributed by atoms with van der Waals surface area (Å²) in [6.45, 7) is 3.81. The number of aliphatic imine (C=N–C) groups is 1. The molecular weight excluding hydrogens is 701 g/mol. The lowest BCUT2D eigenvalue weighted by Gasteiger charge is -2.41. The Morgan fingerprint density at radius 1 is 0.585 bits per heavy atom. The van der Waals surface area contributed by atoms with Crippen LogP contribution in [0.1, 0.15) is 194 Å². The molecule has 0 aromatic heterocycles. The number of rotatable bonds is 35. The lowest BCUT2D eigenvalue weighted by molar-refractivity contribution is -0.220. The first-order valence-electron chi connectivity index (χ1n) is 21.4. The molecule has 0 spiro atoms. The van der Waals surface area contributed by atoms with Gasteiger partial charge in [-0.05, 0) is 25.2 Å². The standard InChI is InChI=1S/C40H80NO11P/c1-3-5-7-9-11-13-15-16-17-18-20-21-23-25-27-29-33(42)32(41-34(43)30-28-26-24-22-19-14-12-10-8-6-4-2)31-51-53(49,50)52-40-38(47)36(45)35(44)37(46)39(40)48/h32-33,35-40,42,44-48H,3-31H2,1-2H3,(H,41,43)(H,49,50)/p-1/t32-,33+,35?,36-,37+,38+,39+,40?/m0/s1. The highest BCUT2D eigenvalue weighted by Gasteiger charge is 2.51. The zero-order valence-electron chi connectivity index (χ0n) is 33.3. The Kier molecular flexibility index (Phi) is 29.9. The van der Waals surface area contributed by atoms with Crippen molar-refractivity contribution in [3.05, 3.63) is 0 Å². The Labute approximate surface area is 321 Å². The molecule has 0 saturated heterocycles. The summed E-state index contributed by atoms with van der Waals surface area (Å²) < 4.78 is 22.8. The van der Waals surface area contributed by atoms with Crippen LogP contribution < -0.4 is 5.11 Å². The van der Waals surface area contributed by atoms with Gasteiger partial charge < -0.3 is 40.6 Å². The molecule has 7 N–H and O–H groups in total. The number of phosphoric acid groups is 1. The van der Waals surface area contributed by atoms with E-state index < -0.39 is 69.1 Å². The zero-order chi connectivity index (χ0) is 39.3. The normalized spacial score (nSPS) is 24.7. The summed E-state index contributed by atoms with van der Waals surface area (Å²) in [6.07, 6.45) is 18.2. The highest BCUT2D eigenvalue weighted by molar-refractivity contribution is 7.47. The maximum atomic E-state index is 12.8. The summed E-state index contributed by atoms with van der Waals surface area (Å²) in [5.74, 6) is -0.433. The predicted octanol–water partition coefficient (Wildman–Crippen LogP) is 6.76. The van der Waals surface area contributed by atoms with Crippen molar-refractivity contribution in [3.8, 4) is 0 Å². The van der Waals surface area contributed by atoms with E-state index in [1.165, 1.54) is 116 Å². The molecule has 0 amide bonds. The topological polar surface area (TPSA) is 213 Å². The van der Waals surface area contributed by atoms with Crippen molar-refractivity contribution >= 4 is 13.7 Å². The first-order valence-corrected chi connectivity index (χ1v) is 22.9. The van der Waals surface area contributed by atoms with Crippen molar-refractivity contribution in [2.75, 3.05) is 6.61 Å². The maximum absolute atomic E-state index is 12.8. The number of aliphatic hydroxyl groups is 6. The minimum Gasteiger partial charge on any atom is -0.862 e. The Hall–Kier alpha value is -0.660. The van der Waals surface area contributed by atoms with Gasteiger partial charge in [-0.2, -0.15) is 0 Å². The van der Waals surface area contributed by atoms with Crippen molar-refractivity contribution < 1.29 is 54.3 Å². The van der Waals surface area contributed by atoms with Crippen molar-refractivity contribution in [3.63, 3.8) is 0 Å². The molecule has 0 heterocycles. The van der Waals surface area contributed by atoms with Crippen LogP contribution >= 0.6 is 7.82 Å². The number of hydrogen-bond donors (Lipinski definition) is 7. The largest absolute Gasteiger partial charge is 0.862 e. The van der Waals surface area contributed by atoms with Gasteiger partial charge in [0.2, 0.25) is 0 Å². The Balaban J connectivity index is 2.55. The number of phosphoric ester groups is 1. The van der Waals surface area contributed by atoms with Crippen molar-refractivity contribution in [2.24, 2.45) is 4.99 Å². The van der Waals surface area contributed by atoms with Crippen LogP contribution in [0.2, 0.25) is 0 Å². The van der Waals surface area contributed by atoms with E-state index in [4.69, 9.17) is 9.05 Å². The molecule has 12 nitrogen and oxygen atoms in total. The van der Waals surface area contributed by atoms with Crippen LogP contribution in [0.25, 0.3) is 0 Å². The fraction of sp³-hybridized carbons (Fsp3) is 0.975. The monoisotopic (exact) mass is 781 g/mol. The van der Waals surface area contributed by atoms with E-state index in [0.717, 1.165) is 38.5 Å². The third-order valence-corrected chi connectivity index (χ3v) is 11.6. The van der Waals surface area contributed by atoms with E-state index in [9.17, 15) is 45.2 Å². The molecule has 0 aromatic carbocycles. The molecule has 3 unspecified atom stereocenters. The van der Waals surface area contributed by atoms with E-state index in [1.807, 2.05) is 0 Å². The van der Waals surface area contributed by atoms with E-state index in [1.54, 1.807) is 0 Å². The van der Waals surface area contributed by atoms with Crippen LogP contribution in [0.5, 0.6) is 0 Å². The van der Waals surface area contributed by atoms with Crippen LogP contribution in [0.15, 0.2) is 4.99 Å². The molecule has 1 rings (SSSR count). The second-order valence-electron chi connectivity index (χ2n) is 15.5. The molecule has 1 saturated carbocycles. The lowest BCUT2D eigenvalue weighted by Crippen LogP contribution is -2.64. The van der Waals surface area contributed by atoms with Crippen molar-refractivity contribution in [1.29, 1.82) is 0 Å². The third-order valence-electron chi connectivity index (χ3n) is 10.6. The first-order chi connectivity index (χ1) is 25.4. The lowest BCUT2D eigenvalue weighted by atomic mass is 9.85. The molecule has 9 atom stereocenters. The quantitative estimate of drug-likeness (QED) is 0.0155. The summed E-state index contributed by atoms with van der Waals surface area (Å²) >= 11 is 0. The van der Waals surface area contributed by atoms with Gasteiger partial charge in [0.15, 0.2) is 0 Å². The van der Waals surface area contributed by atoms with Gasteiger partial charge in [-0.25, -0.2) is 4.57 Å². The smallest absolute Gasteiger partial charge is 0.472 e. The number of hydrogen-bond acceptors (Lipinski definition) is 11. The SMILES string of the molecule is CCCCCCCCCCCCCCCCC[C@@H](O)[C@H](COP(=O)(O)OC1[C@H](O)[C@H](O)C(O)[C@H](O)[C@H]1O)N=C([O-])CCCCCCCCCCCCC. The van der Waals surface area contributed by atoms with Crippen LogP contribution in [0.4, 0.5) is 0 Å². The Morgan fingerprint density at radius 2 is 0.925 bits per heavy atom. The molecule has 0 bridgehead atoms. The molecule has 1 fully saturated rings. The predicted molar refractivity (Wildman–Crippen MR) is 209 cm³/mol. The number of unbranched alkanes of at least 4 members (excludes halogenated alkanes) is 24. The first kappa shape index (κ1) is 50.4. The highest BCUT2D eigenvalue weighted by atomic mass is 31.2. The Bertz CT molecular complexity index is 928. The van der Waals surface area contributed by atoms with E-state index in [-0.39, 0.29) is 6.42 Å². The van der Waals surface area contributed by atoms with Crippen LogP contribution in [0, 0.1) is 0 Å². The minimum atomic E-state index is -5.06. The van der Waals surface area contributed by atoms with Gasteiger partial charge in [0.05, 0.1) is 18.8 Å². The van der Waals surface area contributed by atoms with Crippen LogP contribution in [-0.2, 0) is 13.6 Å². The molecule has 0 radical (unpaired) electrons. The van der Waals surface area contributed by atoms with Gasteiger partial charge in [-0.1, -0.05) is 174 Å². The molecule has 53 heavy (non-hydrogen) atoms. The van der Waals surface area contributed by atoms with Crippen LogP contribution in [-0.4, -0.2) is 96.8 Å². The van der Waals surface area contributed by atoms with Gasteiger partial charge in [0, 0.05) is 0 Å². The zero-order valence-corrected chi connectivity index (χ0v) is 34.2. The average molecular weight is 781 g/mol. The molecular formula is C40H79NO11P-. The van der Waals surface area contributed by atoms with Gasteiger partial charge in [0.25, 0.3) is 0 Å². The summed E-state index contributed by atoms with van der Waals surface area (Å²) in [5, 5.41) is 73.9. The number of aliphatic hydroxyl groups excluding tert-OH is 6. The fourth-order valence-corrected chi connectivity index (χ4v) is 7.98. The number of nitrogens with zero attached hydrogens (tertiary/aromatic N) is 1. The third kappa shape index (κ3) is 23.9. The van der Waals surface area contributed by atoms with Crippen LogP contribution in [0.3, 0.4) is 0 Å². The Morgan fingerprint density at radius 3 is 1.32 bits per heavy atom. The average Bonchev–Trinajstić information content (AvgIpc) is 3.13. The van der Waals surface area contributed by atoms with Crippen molar-refractivity contribution in [1.82, 2.24) is 0 Å². The van der Waals surface area contributed by atoms with Crippen molar-refractivity contribution in [2.45, 2.75) is 242 Å². The fourth-order valence-electron chi connectivity index (χ4n) is 7.02. The van der Waals surface area contributed by atoms with E-state index >= 15 is 0 Å². The van der Waals surface area contributed by atoms with Gasteiger partial charge in [0.1, 0.15) is 36.6 Å². The van der Waals surface area contributed by atoms with E-state index in [0.29, 0.717) is 19.3 Å². The summed E-state index contributed by atoms with van der Waals surface area (Å²) in [4.78, 5) is 14.5. The molecule has 316 valence electrons. The van der Waals surface area contributed by atoms with E-state index in [2.05, 4.69) is 18.8 Å². The summed E-state index contributed by atoms with van der Waals surface area (Å²) in [6, 6.07) is -1.15. The molecule has 13 heteroatoms. The van der Waals surface area contributed by atoms with Gasteiger partial charge in [-0.3, -0.25) is 14.0 Å².